The molecule has 0 aromatic heterocycles. The monoisotopic (exact) mass is 233 g/mol. The molecule has 3 nitrogen and oxygen atoms in total. The second kappa shape index (κ2) is 5.13. The zero-order valence-corrected chi connectivity index (χ0v) is 10.8. The highest BCUT2D eigenvalue weighted by atomic mass is 16.4. The molecule has 92 valence electrons. The second-order valence-corrected chi connectivity index (χ2v) is 5.12. The lowest BCUT2D eigenvalue weighted by Crippen LogP contribution is -2.29. The van der Waals surface area contributed by atoms with E-state index < -0.39 is 11.4 Å². The average molecular weight is 233 g/mol. The van der Waals surface area contributed by atoms with Crippen molar-refractivity contribution in [3.05, 3.63) is 35.9 Å². The summed E-state index contributed by atoms with van der Waals surface area (Å²) in [6, 6.07) is 9.56. The number of hydrogen-bond acceptors (Lipinski definition) is 2. The van der Waals surface area contributed by atoms with Gasteiger partial charge in [0.15, 0.2) is 0 Å². The second-order valence-electron chi connectivity index (χ2n) is 5.12. The number of aliphatic imine (C=N–C) groups is 1. The minimum atomic E-state index is -0.944. The molecule has 0 spiro atoms. The molecule has 0 unspecified atom stereocenters. The summed E-state index contributed by atoms with van der Waals surface area (Å²) < 4.78 is 0. The Labute approximate surface area is 102 Å². The lowest BCUT2D eigenvalue weighted by atomic mass is 9.89. The van der Waals surface area contributed by atoms with Crippen molar-refractivity contribution < 1.29 is 9.90 Å². The van der Waals surface area contributed by atoms with E-state index in [-0.39, 0.29) is 11.8 Å². The van der Waals surface area contributed by atoms with Crippen molar-refractivity contribution in [2.45, 2.75) is 33.7 Å². The highest BCUT2D eigenvalue weighted by Crippen LogP contribution is 2.22. The van der Waals surface area contributed by atoms with E-state index in [1.54, 1.807) is 0 Å². The van der Waals surface area contributed by atoms with Gasteiger partial charge in [0.25, 0.3) is 0 Å². The Hall–Kier alpha value is -1.64. The highest BCUT2D eigenvalue weighted by molar-refractivity contribution is 6.37. The normalized spacial score (nSPS) is 14.5. The molecule has 0 aliphatic rings. The summed E-state index contributed by atoms with van der Waals surface area (Å²) in [5.41, 5.74) is 0.791. The van der Waals surface area contributed by atoms with Crippen LogP contribution in [-0.2, 0) is 4.79 Å². The summed E-state index contributed by atoms with van der Waals surface area (Å²) in [6.07, 6.45) is 0. The SMILES string of the molecule is C[C@H](/N=C(\C(=O)O)C(C)(C)C)c1ccccc1. The van der Waals surface area contributed by atoms with Gasteiger partial charge in [-0.3, -0.25) is 4.99 Å². The van der Waals surface area contributed by atoms with Gasteiger partial charge in [0.1, 0.15) is 5.71 Å². The van der Waals surface area contributed by atoms with Crippen LogP contribution in [0.3, 0.4) is 0 Å². The Morgan fingerprint density at radius 2 is 1.76 bits per heavy atom. The molecule has 0 bridgehead atoms. The predicted molar refractivity (Wildman–Crippen MR) is 69.4 cm³/mol. The van der Waals surface area contributed by atoms with Gasteiger partial charge in [-0.15, -0.1) is 0 Å². The Balaban J connectivity index is 3.04. The molecular formula is C14H19NO2. The standard InChI is InChI=1S/C14H19NO2/c1-10(11-8-6-5-7-9-11)15-12(13(16)17)14(2,3)4/h5-10H,1-4H3,(H,16,17)/b15-12+/t10-/m0/s1. The molecule has 17 heavy (non-hydrogen) atoms. The molecule has 0 fully saturated rings. The van der Waals surface area contributed by atoms with E-state index in [0.717, 1.165) is 5.56 Å². The largest absolute Gasteiger partial charge is 0.477 e. The molecule has 1 aromatic rings. The first-order valence-electron chi connectivity index (χ1n) is 5.69. The van der Waals surface area contributed by atoms with Crippen LogP contribution in [0.25, 0.3) is 0 Å². The molecule has 0 heterocycles. The number of carboxylic acids is 1. The van der Waals surface area contributed by atoms with Gasteiger partial charge >= 0.3 is 5.97 Å². The van der Waals surface area contributed by atoms with Gasteiger partial charge in [0, 0.05) is 5.41 Å². The maximum absolute atomic E-state index is 11.2. The van der Waals surface area contributed by atoms with E-state index in [1.165, 1.54) is 0 Å². The number of rotatable bonds is 3. The van der Waals surface area contributed by atoms with E-state index in [0.29, 0.717) is 0 Å². The Morgan fingerprint density at radius 3 is 2.18 bits per heavy atom. The predicted octanol–water partition coefficient (Wildman–Crippen LogP) is 3.32. The van der Waals surface area contributed by atoms with Gasteiger partial charge < -0.3 is 5.11 Å². The van der Waals surface area contributed by atoms with E-state index in [1.807, 2.05) is 58.0 Å². The van der Waals surface area contributed by atoms with Crippen LogP contribution >= 0.6 is 0 Å². The van der Waals surface area contributed by atoms with Crippen LogP contribution in [0, 0.1) is 5.41 Å². The molecule has 1 atom stereocenters. The first kappa shape index (κ1) is 13.4. The summed E-state index contributed by atoms with van der Waals surface area (Å²) in [7, 11) is 0. The summed E-state index contributed by atoms with van der Waals surface area (Å²) in [5.74, 6) is -0.944. The quantitative estimate of drug-likeness (QED) is 0.814. The van der Waals surface area contributed by atoms with Gasteiger partial charge in [-0.1, -0.05) is 51.1 Å². The molecule has 0 saturated carbocycles. The maximum atomic E-state index is 11.2. The van der Waals surface area contributed by atoms with E-state index in [9.17, 15) is 9.90 Å². The minimum absolute atomic E-state index is 0.137. The van der Waals surface area contributed by atoms with Crippen LogP contribution in [-0.4, -0.2) is 16.8 Å². The van der Waals surface area contributed by atoms with Gasteiger partial charge in [0.2, 0.25) is 0 Å². The third-order valence-corrected chi connectivity index (χ3v) is 2.52. The molecule has 0 aliphatic heterocycles. The Kier molecular flexibility index (Phi) is 4.05. The lowest BCUT2D eigenvalue weighted by molar-refractivity contribution is -0.129. The number of hydrogen-bond donors (Lipinski definition) is 1. The van der Waals surface area contributed by atoms with E-state index in [4.69, 9.17) is 0 Å². The molecule has 1 N–H and O–H groups in total. The fraction of sp³-hybridized carbons (Fsp3) is 0.429. The van der Waals surface area contributed by atoms with Crippen LogP contribution in [0.15, 0.2) is 35.3 Å². The lowest BCUT2D eigenvalue weighted by Gasteiger charge is -2.20. The van der Waals surface area contributed by atoms with Crippen LogP contribution in [0.2, 0.25) is 0 Å². The summed E-state index contributed by atoms with van der Waals surface area (Å²) in [5, 5.41) is 9.17. The zero-order valence-electron chi connectivity index (χ0n) is 10.8. The van der Waals surface area contributed by atoms with Gasteiger partial charge in [0.05, 0.1) is 6.04 Å². The van der Waals surface area contributed by atoms with Crippen molar-refractivity contribution in [3.63, 3.8) is 0 Å². The summed E-state index contributed by atoms with van der Waals surface area (Å²) in [6.45, 7) is 7.48. The molecule has 1 aromatic carbocycles. The van der Waals surface area contributed by atoms with Crippen molar-refractivity contribution in [1.82, 2.24) is 0 Å². The number of nitrogens with zero attached hydrogens (tertiary/aromatic N) is 1. The summed E-state index contributed by atoms with van der Waals surface area (Å²) >= 11 is 0. The van der Waals surface area contributed by atoms with Gasteiger partial charge in [-0.25, -0.2) is 4.79 Å². The third kappa shape index (κ3) is 3.70. The van der Waals surface area contributed by atoms with Gasteiger partial charge in [-0.2, -0.15) is 0 Å². The summed E-state index contributed by atoms with van der Waals surface area (Å²) in [4.78, 5) is 15.5. The molecule has 1 rings (SSSR count). The van der Waals surface area contributed by atoms with Crippen molar-refractivity contribution in [2.24, 2.45) is 10.4 Å². The first-order chi connectivity index (χ1) is 7.82. The molecule has 3 heteroatoms. The minimum Gasteiger partial charge on any atom is -0.477 e. The highest BCUT2D eigenvalue weighted by Gasteiger charge is 2.26. The third-order valence-electron chi connectivity index (χ3n) is 2.52. The van der Waals surface area contributed by atoms with Gasteiger partial charge in [-0.05, 0) is 12.5 Å². The number of benzene rings is 1. The first-order valence-corrected chi connectivity index (χ1v) is 5.69. The number of aliphatic carboxylic acids is 1. The smallest absolute Gasteiger partial charge is 0.350 e. The van der Waals surface area contributed by atoms with Crippen molar-refractivity contribution >= 4 is 11.7 Å². The fourth-order valence-electron chi connectivity index (χ4n) is 1.57. The number of carbonyl (C=O) groups is 1. The van der Waals surface area contributed by atoms with E-state index in [2.05, 4.69) is 4.99 Å². The van der Waals surface area contributed by atoms with Crippen LogP contribution < -0.4 is 0 Å². The molecular weight excluding hydrogens is 214 g/mol. The zero-order chi connectivity index (χ0) is 13.1. The topological polar surface area (TPSA) is 49.7 Å². The van der Waals surface area contributed by atoms with Crippen molar-refractivity contribution in [2.75, 3.05) is 0 Å². The fourth-order valence-corrected chi connectivity index (χ4v) is 1.57. The van der Waals surface area contributed by atoms with Crippen LogP contribution in [0.4, 0.5) is 0 Å². The molecule has 0 saturated heterocycles. The molecule has 0 aliphatic carbocycles. The molecule has 0 radical (unpaired) electrons. The Bertz CT molecular complexity index is 416. The van der Waals surface area contributed by atoms with E-state index >= 15 is 0 Å². The number of carboxylic acid groups (broad SMARTS) is 1. The van der Waals surface area contributed by atoms with Crippen molar-refractivity contribution in [3.8, 4) is 0 Å². The van der Waals surface area contributed by atoms with Crippen LogP contribution in [0.5, 0.6) is 0 Å². The van der Waals surface area contributed by atoms with Crippen molar-refractivity contribution in [1.29, 1.82) is 0 Å². The van der Waals surface area contributed by atoms with Crippen LogP contribution in [0.1, 0.15) is 39.3 Å². The maximum Gasteiger partial charge on any atom is 0.350 e. The Morgan fingerprint density at radius 1 is 1.24 bits per heavy atom. The molecule has 0 amide bonds. The average Bonchev–Trinajstić information content (AvgIpc) is 2.24.